The van der Waals surface area contributed by atoms with E-state index in [1.165, 1.54) is 0 Å². The molecule has 1 aliphatic heterocycles. The fraction of sp³-hybridized carbons (Fsp3) is 0.435. The predicted molar refractivity (Wildman–Crippen MR) is 119 cm³/mol. The third-order valence-electron chi connectivity index (χ3n) is 5.59. The van der Waals surface area contributed by atoms with Crippen molar-refractivity contribution in [2.45, 2.75) is 38.8 Å². The van der Waals surface area contributed by atoms with Crippen molar-refractivity contribution in [3.63, 3.8) is 0 Å². The van der Waals surface area contributed by atoms with Crippen molar-refractivity contribution in [1.29, 1.82) is 0 Å². The first-order valence-electron chi connectivity index (χ1n) is 10.1. The Morgan fingerprint density at radius 3 is 2.41 bits per heavy atom. The van der Waals surface area contributed by atoms with Gasteiger partial charge in [0.2, 0.25) is 5.91 Å². The van der Waals surface area contributed by atoms with Crippen LogP contribution in [0.3, 0.4) is 0 Å². The van der Waals surface area contributed by atoms with Gasteiger partial charge in [0, 0.05) is 12.5 Å². The Balaban J connectivity index is 1.51. The van der Waals surface area contributed by atoms with Gasteiger partial charge in [-0.15, -0.1) is 0 Å². The topological polar surface area (TPSA) is 41.6 Å². The number of nitrogens with one attached hydrogen (secondary N) is 1. The van der Waals surface area contributed by atoms with Crippen molar-refractivity contribution in [2.75, 3.05) is 20.2 Å². The third kappa shape index (κ3) is 5.88. The number of carbonyl (C=O) groups excluding carboxylic acids is 1. The second-order valence-corrected chi connectivity index (χ2v) is 8.36. The van der Waals surface area contributed by atoms with Crippen LogP contribution in [0.5, 0.6) is 5.75 Å². The molecule has 1 aliphatic rings. The van der Waals surface area contributed by atoms with Gasteiger partial charge in [0.15, 0.2) is 0 Å². The summed E-state index contributed by atoms with van der Waals surface area (Å²) in [5.41, 5.74) is 2.26. The molecule has 1 unspecified atom stereocenters. The predicted octanol–water partition coefficient (Wildman–Crippen LogP) is 5.48. The molecule has 6 heteroatoms. The Labute approximate surface area is 183 Å². The number of likely N-dealkylation sites (tertiary alicyclic amines) is 1. The molecule has 1 amide bonds. The molecule has 0 aliphatic carbocycles. The van der Waals surface area contributed by atoms with E-state index in [0.717, 1.165) is 55.8 Å². The van der Waals surface area contributed by atoms with E-state index in [9.17, 15) is 4.79 Å². The number of hydrogen-bond donors (Lipinski definition) is 1. The van der Waals surface area contributed by atoms with Gasteiger partial charge >= 0.3 is 0 Å². The minimum atomic E-state index is 0.0302. The van der Waals surface area contributed by atoms with E-state index >= 15 is 0 Å². The standard InChI is InChI=1S/C23H28Cl2N2O2/c1-3-22(17-5-7-19(29-2)8-6-17)26-23(28)18-10-12-27(13-11-18)15-16-4-9-20(24)21(25)14-16/h4-9,14,18,22H,3,10-13,15H2,1-2H3,(H,26,28). The third-order valence-corrected chi connectivity index (χ3v) is 6.33. The average molecular weight is 435 g/mol. The Morgan fingerprint density at radius 1 is 1.14 bits per heavy atom. The van der Waals surface area contributed by atoms with Gasteiger partial charge in [-0.3, -0.25) is 9.69 Å². The van der Waals surface area contributed by atoms with Crippen LogP contribution < -0.4 is 10.1 Å². The molecule has 1 N–H and O–H groups in total. The lowest BCUT2D eigenvalue weighted by Gasteiger charge is -2.32. The summed E-state index contributed by atoms with van der Waals surface area (Å²) in [5.74, 6) is 1.04. The number of piperidine rings is 1. The molecule has 0 spiro atoms. The summed E-state index contributed by atoms with van der Waals surface area (Å²) in [6, 6.07) is 13.7. The van der Waals surface area contributed by atoms with Gasteiger partial charge < -0.3 is 10.1 Å². The van der Waals surface area contributed by atoms with E-state index in [1.807, 2.05) is 42.5 Å². The van der Waals surface area contributed by atoms with Gasteiger partial charge in [-0.25, -0.2) is 0 Å². The summed E-state index contributed by atoms with van der Waals surface area (Å²) in [4.78, 5) is 15.2. The summed E-state index contributed by atoms with van der Waals surface area (Å²) in [5, 5.41) is 4.40. The lowest BCUT2D eigenvalue weighted by Crippen LogP contribution is -2.41. The summed E-state index contributed by atoms with van der Waals surface area (Å²) in [7, 11) is 1.65. The van der Waals surface area contributed by atoms with E-state index in [-0.39, 0.29) is 17.9 Å². The first kappa shape index (κ1) is 21.9. The summed E-state index contributed by atoms with van der Waals surface area (Å²) >= 11 is 12.1. The van der Waals surface area contributed by atoms with Crippen LogP contribution in [0, 0.1) is 5.92 Å². The van der Waals surface area contributed by atoms with Crippen molar-refractivity contribution >= 4 is 29.1 Å². The van der Waals surface area contributed by atoms with Gasteiger partial charge in [-0.2, -0.15) is 0 Å². The molecule has 156 valence electrons. The molecule has 1 atom stereocenters. The number of rotatable bonds is 7. The molecule has 0 aromatic heterocycles. The summed E-state index contributed by atoms with van der Waals surface area (Å²) in [6.45, 7) is 4.72. The smallest absolute Gasteiger partial charge is 0.223 e. The Hall–Kier alpha value is -1.75. The highest BCUT2D eigenvalue weighted by molar-refractivity contribution is 6.42. The maximum atomic E-state index is 12.8. The maximum absolute atomic E-state index is 12.8. The number of carbonyl (C=O) groups is 1. The molecular weight excluding hydrogens is 407 g/mol. The molecule has 4 nitrogen and oxygen atoms in total. The van der Waals surface area contributed by atoms with Gasteiger partial charge in [0.25, 0.3) is 0 Å². The van der Waals surface area contributed by atoms with Crippen molar-refractivity contribution < 1.29 is 9.53 Å². The number of hydrogen-bond acceptors (Lipinski definition) is 3. The number of amides is 1. The quantitative estimate of drug-likeness (QED) is 0.626. The van der Waals surface area contributed by atoms with Crippen LogP contribution in [-0.4, -0.2) is 31.0 Å². The molecular formula is C23H28Cl2N2O2. The first-order chi connectivity index (χ1) is 14.0. The second kappa shape index (κ2) is 10.3. The fourth-order valence-electron chi connectivity index (χ4n) is 3.80. The average Bonchev–Trinajstić information content (AvgIpc) is 2.75. The molecule has 1 saturated heterocycles. The largest absolute Gasteiger partial charge is 0.497 e. The number of methoxy groups -OCH3 is 1. The first-order valence-corrected chi connectivity index (χ1v) is 10.9. The number of ether oxygens (including phenoxy) is 1. The van der Waals surface area contributed by atoms with Gasteiger partial charge in [0.05, 0.1) is 23.2 Å². The molecule has 3 rings (SSSR count). The fourth-order valence-corrected chi connectivity index (χ4v) is 4.12. The van der Waals surface area contributed by atoms with E-state index in [4.69, 9.17) is 27.9 Å². The molecule has 0 radical (unpaired) electrons. The lowest BCUT2D eigenvalue weighted by atomic mass is 9.94. The van der Waals surface area contributed by atoms with Crippen LogP contribution in [0.1, 0.15) is 43.4 Å². The molecule has 1 fully saturated rings. The van der Waals surface area contributed by atoms with E-state index < -0.39 is 0 Å². The van der Waals surface area contributed by atoms with E-state index in [2.05, 4.69) is 17.1 Å². The second-order valence-electron chi connectivity index (χ2n) is 7.54. The van der Waals surface area contributed by atoms with Gasteiger partial charge in [-0.1, -0.05) is 48.3 Å². The van der Waals surface area contributed by atoms with Crippen LogP contribution in [0.15, 0.2) is 42.5 Å². The minimum Gasteiger partial charge on any atom is -0.497 e. The zero-order valence-corrected chi connectivity index (χ0v) is 18.5. The van der Waals surface area contributed by atoms with Crippen LogP contribution in [0.25, 0.3) is 0 Å². The zero-order valence-electron chi connectivity index (χ0n) is 17.0. The highest BCUT2D eigenvalue weighted by Crippen LogP contribution is 2.26. The van der Waals surface area contributed by atoms with Crippen molar-refractivity contribution in [2.24, 2.45) is 5.92 Å². The van der Waals surface area contributed by atoms with Crippen molar-refractivity contribution in [3.05, 3.63) is 63.6 Å². The SMILES string of the molecule is CCC(NC(=O)C1CCN(Cc2ccc(Cl)c(Cl)c2)CC1)c1ccc(OC)cc1. The van der Waals surface area contributed by atoms with Crippen molar-refractivity contribution in [1.82, 2.24) is 10.2 Å². The molecule has 2 aromatic carbocycles. The Kier molecular flexibility index (Phi) is 7.82. The maximum Gasteiger partial charge on any atom is 0.223 e. The van der Waals surface area contributed by atoms with Crippen LogP contribution in [0.2, 0.25) is 10.0 Å². The minimum absolute atomic E-state index is 0.0302. The molecule has 0 bridgehead atoms. The zero-order chi connectivity index (χ0) is 20.8. The molecule has 2 aromatic rings. The number of nitrogens with zero attached hydrogens (tertiary/aromatic N) is 1. The summed E-state index contributed by atoms with van der Waals surface area (Å²) in [6.07, 6.45) is 2.59. The summed E-state index contributed by atoms with van der Waals surface area (Å²) < 4.78 is 5.22. The molecule has 1 heterocycles. The van der Waals surface area contributed by atoms with E-state index in [1.54, 1.807) is 7.11 Å². The Bertz CT molecular complexity index is 818. The monoisotopic (exact) mass is 434 g/mol. The number of benzene rings is 2. The highest BCUT2D eigenvalue weighted by atomic mass is 35.5. The molecule has 0 saturated carbocycles. The normalized spacial score (nSPS) is 16.4. The van der Waals surface area contributed by atoms with Crippen molar-refractivity contribution in [3.8, 4) is 5.75 Å². The van der Waals surface area contributed by atoms with E-state index in [0.29, 0.717) is 10.0 Å². The van der Waals surface area contributed by atoms with Crippen LogP contribution in [-0.2, 0) is 11.3 Å². The molecule has 29 heavy (non-hydrogen) atoms. The van der Waals surface area contributed by atoms with Gasteiger partial charge in [0.1, 0.15) is 5.75 Å². The number of halogens is 2. The highest BCUT2D eigenvalue weighted by Gasteiger charge is 2.26. The van der Waals surface area contributed by atoms with Gasteiger partial charge in [-0.05, 0) is 67.7 Å². The Morgan fingerprint density at radius 2 is 1.83 bits per heavy atom. The lowest BCUT2D eigenvalue weighted by molar-refractivity contribution is -0.127. The van der Waals surface area contributed by atoms with Crippen LogP contribution >= 0.6 is 23.2 Å². The van der Waals surface area contributed by atoms with Crippen LogP contribution in [0.4, 0.5) is 0 Å².